The molecule has 0 aromatic heterocycles. The lowest BCUT2D eigenvalue weighted by Crippen LogP contribution is -2.34. The second-order valence-electron chi connectivity index (χ2n) is 5.04. The zero-order chi connectivity index (χ0) is 14.0. The highest BCUT2D eigenvalue weighted by Crippen LogP contribution is 2.28. The summed E-state index contributed by atoms with van der Waals surface area (Å²) in [6.07, 6.45) is 0.594. The van der Waals surface area contributed by atoms with Gasteiger partial charge in [-0.15, -0.1) is 0 Å². The molecule has 1 amide bonds. The summed E-state index contributed by atoms with van der Waals surface area (Å²) in [4.78, 5) is 14.1. The van der Waals surface area contributed by atoms with Crippen molar-refractivity contribution in [3.8, 4) is 11.5 Å². The molecule has 5 heteroatoms. The number of hydrogen-bond donors (Lipinski definition) is 1. The van der Waals surface area contributed by atoms with Crippen LogP contribution in [0.15, 0.2) is 18.2 Å². The Kier molecular flexibility index (Phi) is 3.66. The van der Waals surface area contributed by atoms with Gasteiger partial charge in [0.15, 0.2) is 0 Å². The predicted molar refractivity (Wildman–Crippen MR) is 70.7 cm³/mol. The van der Waals surface area contributed by atoms with Crippen molar-refractivity contribution in [2.75, 3.05) is 27.3 Å². The van der Waals surface area contributed by atoms with Crippen LogP contribution in [0, 0.1) is 0 Å². The topological polar surface area (TPSA) is 59.0 Å². The van der Waals surface area contributed by atoms with E-state index in [2.05, 4.69) is 0 Å². The third kappa shape index (κ3) is 2.81. The molecule has 1 aliphatic rings. The minimum absolute atomic E-state index is 0.128. The highest BCUT2D eigenvalue weighted by Gasteiger charge is 2.35. The Balaban J connectivity index is 2.24. The van der Waals surface area contributed by atoms with Crippen molar-refractivity contribution in [3.05, 3.63) is 23.8 Å². The maximum absolute atomic E-state index is 12.4. The van der Waals surface area contributed by atoms with Crippen molar-refractivity contribution in [2.24, 2.45) is 0 Å². The van der Waals surface area contributed by atoms with E-state index >= 15 is 0 Å². The van der Waals surface area contributed by atoms with Crippen LogP contribution >= 0.6 is 0 Å². The summed E-state index contributed by atoms with van der Waals surface area (Å²) < 4.78 is 10.3. The average molecular weight is 265 g/mol. The van der Waals surface area contributed by atoms with Crippen molar-refractivity contribution < 1.29 is 19.4 Å². The Morgan fingerprint density at radius 1 is 1.37 bits per heavy atom. The van der Waals surface area contributed by atoms with Gasteiger partial charge in [0.2, 0.25) is 0 Å². The highest BCUT2D eigenvalue weighted by molar-refractivity contribution is 5.97. The van der Waals surface area contributed by atoms with Gasteiger partial charge in [-0.25, -0.2) is 0 Å². The molecule has 1 unspecified atom stereocenters. The predicted octanol–water partition coefficient (Wildman–Crippen LogP) is 1.30. The molecule has 1 atom stereocenters. The Morgan fingerprint density at radius 2 is 2.11 bits per heavy atom. The maximum Gasteiger partial charge on any atom is 0.257 e. The number of aliphatic hydroxyl groups is 1. The summed E-state index contributed by atoms with van der Waals surface area (Å²) in [5, 5.41) is 9.92. The first-order valence-electron chi connectivity index (χ1n) is 6.20. The molecule has 104 valence electrons. The van der Waals surface area contributed by atoms with Crippen molar-refractivity contribution >= 4 is 5.91 Å². The van der Waals surface area contributed by atoms with Gasteiger partial charge in [0.05, 0.1) is 25.4 Å². The van der Waals surface area contributed by atoms with E-state index in [-0.39, 0.29) is 5.91 Å². The third-order valence-electron chi connectivity index (χ3n) is 3.38. The molecule has 0 saturated carbocycles. The Bertz CT molecular complexity index is 484. The number of methoxy groups -OCH3 is 2. The number of likely N-dealkylation sites (tertiary alicyclic amines) is 1. The largest absolute Gasteiger partial charge is 0.497 e. The molecule has 1 N–H and O–H groups in total. The molecular formula is C14H19NO4. The van der Waals surface area contributed by atoms with Gasteiger partial charge >= 0.3 is 0 Å². The number of nitrogens with zero attached hydrogens (tertiary/aromatic N) is 1. The van der Waals surface area contributed by atoms with Crippen LogP contribution < -0.4 is 9.47 Å². The van der Waals surface area contributed by atoms with Gasteiger partial charge in [-0.05, 0) is 25.5 Å². The van der Waals surface area contributed by atoms with Gasteiger partial charge in [0.25, 0.3) is 5.91 Å². The minimum Gasteiger partial charge on any atom is -0.497 e. The molecule has 1 heterocycles. The van der Waals surface area contributed by atoms with Crippen LogP contribution in [-0.2, 0) is 0 Å². The molecule has 1 fully saturated rings. The SMILES string of the molecule is COc1ccc(C(=O)N2CCC(C)(O)C2)c(OC)c1. The number of ether oxygens (including phenoxy) is 2. The lowest BCUT2D eigenvalue weighted by atomic mass is 10.1. The molecule has 1 saturated heterocycles. The lowest BCUT2D eigenvalue weighted by molar-refractivity contribution is 0.0570. The van der Waals surface area contributed by atoms with Crippen LogP contribution in [0.5, 0.6) is 11.5 Å². The normalized spacial score (nSPS) is 22.4. The molecule has 1 aliphatic heterocycles. The van der Waals surface area contributed by atoms with Gasteiger partial charge in [-0.1, -0.05) is 0 Å². The number of β-amino-alcohol motifs (C(OH)–C–C–N with tert-alkyl or cyclic N) is 1. The summed E-state index contributed by atoms with van der Waals surface area (Å²) >= 11 is 0. The van der Waals surface area contributed by atoms with Crippen LogP contribution in [0.2, 0.25) is 0 Å². The fraction of sp³-hybridized carbons (Fsp3) is 0.500. The number of hydrogen-bond acceptors (Lipinski definition) is 4. The third-order valence-corrected chi connectivity index (χ3v) is 3.38. The monoisotopic (exact) mass is 265 g/mol. The van der Waals surface area contributed by atoms with Gasteiger partial charge < -0.3 is 19.5 Å². The molecule has 0 spiro atoms. The molecule has 0 aliphatic carbocycles. The summed E-state index contributed by atoms with van der Waals surface area (Å²) in [7, 11) is 3.08. The summed E-state index contributed by atoms with van der Waals surface area (Å²) in [6.45, 7) is 2.65. The first-order valence-corrected chi connectivity index (χ1v) is 6.20. The number of carbonyl (C=O) groups excluding carboxylic acids is 1. The van der Waals surface area contributed by atoms with Gasteiger partial charge in [0.1, 0.15) is 11.5 Å². The van der Waals surface area contributed by atoms with E-state index in [1.165, 1.54) is 7.11 Å². The van der Waals surface area contributed by atoms with Crippen molar-refractivity contribution in [3.63, 3.8) is 0 Å². The average Bonchev–Trinajstić information content (AvgIpc) is 2.77. The molecule has 0 bridgehead atoms. The van der Waals surface area contributed by atoms with Crippen LogP contribution in [0.1, 0.15) is 23.7 Å². The maximum atomic E-state index is 12.4. The fourth-order valence-electron chi connectivity index (χ4n) is 2.26. The molecule has 1 aromatic carbocycles. The van der Waals surface area contributed by atoms with Gasteiger partial charge in [-0.2, -0.15) is 0 Å². The lowest BCUT2D eigenvalue weighted by Gasteiger charge is -2.20. The first-order chi connectivity index (χ1) is 8.96. The molecular weight excluding hydrogens is 246 g/mol. The van der Waals surface area contributed by atoms with Gasteiger partial charge in [0, 0.05) is 19.2 Å². The Labute approximate surface area is 112 Å². The molecule has 19 heavy (non-hydrogen) atoms. The molecule has 5 nitrogen and oxygen atoms in total. The van der Waals surface area contributed by atoms with Crippen molar-refractivity contribution in [1.82, 2.24) is 4.90 Å². The Hall–Kier alpha value is -1.75. The van der Waals surface area contributed by atoms with E-state index in [0.717, 1.165) is 0 Å². The van der Waals surface area contributed by atoms with Crippen LogP contribution in [0.4, 0.5) is 0 Å². The van der Waals surface area contributed by atoms with Crippen molar-refractivity contribution in [2.45, 2.75) is 18.9 Å². The number of rotatable bonds is 3. The van der Waals surface area contributed by atoms with Gasteiger partial charge in [-0.3, -0.25) is 4.79 Å². The second-order valence-corrected chi connectivity index (χ2v) is 5.04. The zero-order valence-electron chi connectivity index (χ0n) is 11.5. The van der Waals surface area contributed by atoms with E-state index in [0.29, 0.717) is 36.6 Å². The summed E-state index contributed by atoms with van der Waals surface area (Å²) in [6, 6.07) is 5.10. The van der Waals surface area contributed by atoms with E-state index in [1.54, 1.807) is 37.1 Å². The first kappa shape index (κ1) is 13.7. The number of amides is 1. The van der Waals surface area contributed by atoms with E-state index < -0.39 is 5.60 Å². The number of carbonyl (C=O) groups is 1. The fourth-order valence-corrected chi connectivity index (χ4v) is 2.26. The zero-order valence-corrected chi connectivity index (χ0v) is 11.5. The van der Waals surface area contributed by atoms with Crippen molar-refractivity contribution in [1.29, 1.82) is 0 Å². The quantitative estimate of drug-likeness (QED) is 0.895. The smallest absolute Gasteiger partial charge is 0.257 e. The molecule has 1 aromatic rings. The van der Waals surface area contributed by atoms with Crippen LogP contribution in [0.25, 0.3) is 0 Å². The summed E-state index contributed by atoms with van der Waals surface area (Å²) in [5.74, 6) is 0.995. The van der Waals surface area contributed by atoms with Crippen LogP contribution in [0.3, 0.4) is 0 Å². The Morgan fingerprint density at radius 3 is 2.63 bits per heavy atom. The number of benzene rings is 1. The highest BCUT2D eigenvalue weighted by atomic mass is 16.5. The molecule has 2 rings (SSSR count). The van der Waals surface area contributed by atoms with Crippen LogP contribution in [-0.4, -0.2) is 48.8 Å². The second kappa shape index (κ2) is 5.09. The molecule has 0 radical (unpaired) electrons. The summed E-state index contributed by atoms with van der Waals surface area (Å²) in [5.41, 5.74) is -0.309. The van der Waals surface area contributed by atoms with E-state index in [1.807, 2.05) is 0 Å². The van der Waals surface area contributed by atoms with E-state index in [4.69, 9.17) is 9.47 Å². The van der Waals surface area contributed by atoms with E-state index in [9.17, 15) is 9.90 Å². The standard InChI is InChI=1S/C14H19NO4/c1-14(17)6-7-15(9-14)13(16)11-5-4-10(18-2)8-12(11)19-3/h4-5,8,17H,6-7,9H2,1-3H3. The minimum atomic E-state index is -0.796.